The average molecular weight is 153 g/mol. The minimum absolute atomic E-state index is 0.987. The van der Waals surface area contributed by atoms with E-state index in [4.69, 9.17) is 0 Å². The Morgan fingerprint density at radius 2 is 2.00 bits per heavy atom. The van der Waals surface area contributed by atoms with Gasteiger partial charge in [-0.1, -0.05) is 33.4 Å². The van der Waals surface area contributed by atoms with Crippen LogP contribution in [0.4, 0.5) is 0 Å². The smallest absolute Gasteiger partial charge is 0.0292 e. The molecule has 11 heavy (non-hydrogen) atoms. The molecule has 0 heterocycles. The van der Waals surface area contributed by atoms with Gasteiger partial charge in [0.05, 0.1) is 0 Å². The zero-order valence-electron chi connectivity index (χ0n) is 8.09. The van der Waals surface area contributed by atoms with E-state index in [-0.39, 0.29) is 0 Å². The summed E-state index contributed by atoms with van der Waals surface area (Å²) < 4.78 is 0. The molecule has 0 amide bonds. The SMILES string of the molecule is C=C/C(C)=C\N=CCC.CC. The Morgan fingerprint density at radius 1 is 1.45 bits per heavy atom. The Kier molecular flexibility index (Phi) is 13.8. The number of hydrogen-bond acceptors (Lipinski definition) is 1. The second kappa shape index (κ2) is 11.9. The maximum atomic E-state index is 4.00. The third kappa shape index (κ3) is 12.4. The summed E-state index contributed by atoms with van der Waals surface area (Å²) in [4.78, 5) is 4.00. The number of aliphatic imine (C=N–C) groups is 1. The standard InChI is InChI=1S/C8H13N.C2H6/c1-4-6-9-7-8(3)5-2;1-2/h5-7H,2,4H2,1,3H3;1-2H3/b8-7-,9-6?;. The molecule has 1 heteroatoms. The van der Waals surface area contributed by atoms with Crippen molar-refractivity contribution in [3.05, 3.63) is 24.4 Å². The molecule has 0 aromatic rings. The average Bonchev–Trinajstić information content (AvgIpc) is 2.08. The molecule has 0 unspecified atom stereocenters. The van der Waals surface area contributed by atoms with Gasteiger partial charge >= 0.3 is 0 Å². The molecule has 0 aromatic carbocycles. The summed E-state index contributed by atoms with van der Waals surface area (Å²) in [6.07, 6.45) is 6.44. The van der Waals surface area contributed by atoms with Gasteiger partial charge in [-0.2, -0.15) is 0 Å². The van der Waals surface area contributed by atoms with Crippen LogP contribution < -0.4 is 0 Å². The minimum atomic E-state index is 0.987. The first-order chi connectivity index (χ1) is 5.31. The molecule has 0 rings (SSSR count). The summed E-state index contributed by atoms with van der Waals surface area (Å²) in [5, 5.41) is 0. The van der Waals surface area contributed by atoms with Gasteiger partial charge in [-0.05, 0) is 18.9 Å². The molecule has 0 bridgehead atoms. The van der Waals surface area contributed by atoms with Gasteiger partial charge in [0.25, 0.3) is 0 Å². The lowest BCUT2D eigenvalue weighted by Crippen LogP contribution is -1.66. The van der Waals surface area contributed by atoms with Crippen molar-refractivity contribution in [2.24, 2.45) is 4.99 Å². The second-order valence-electron chi connectivity index (χ2n) is 1.82. The first kappa shape index (κ1) is 12.8. The molecule has 0 spiro atoms. The summed E-state index contributed by atoms with van der Waals surface area (Å²) in [7, 11) is 0. The van der Waals surface area contributed by atoms with Crippen LogP contribution in [-0.4, -0.2) is 6.21 Å². The first-order valence-electron chi connectivity index (χ1n) is 4.12. The highest BCUT2D eigenvalue weighted by Gasteiger charge is 1.72. The van der Waals surface area contributed by atoms with Crippen LogP contribution in [0.1, 0.15) is 34.1 Å². The van der Waals surface area contributed by atoms with E-state index in [9.17, 15) is 0 Å². The van der Waals surface area contributed by atoms with Gasteiger partial charge in [-0.25, -0.2) is 0 Å². The van der Waals surface area contributed by atoms with E-state index in [1.165, 1.54) is 0 Å². The molecule has 0 saturated heterocycles. The second-order valence-corrected chi connectivity index (χ2v) is 1.82. The van der Waals surface area contributed by atoms with Gasteiger partial charge in [-0.15, -0.1) is 0 Å². The van der Waals surface area contributed by atoms with Gasteiger partial charge in [0.15, 0.2) is 0 Å². The highest BCUT2D eigenvalue weighted by molar-refractivity contribution is 5.57. The molecular weight excluding hydrogens is 134 g/mol. The largest absolute Gasteiger partial charge is 0.269 e. The maximum absolute atomic E-state index is 4.00. The zero-order valence-corrected chi connectivity index (χ0v) is 8.09. The molecule has 64 valence electrons. The van der Waals surface area contributed by atoms with Crippen molar-refractivity contribution < 1.29 is 0 Å². The van der Waals surface area contributed by atoms with Gasteiger partial charge < -0.3 is 0 Å². The van der Waals surface area contributed by atoms with E-state index < -0.39 is 0 Å². The third-order valence-electron chi connectivity index (χ3n) is 0.888. The van der Waals surface area contributed by atoms with Gasteiger partial charge in [0.2, 0.25) is 0 Å². The number of hydrogen-bond donors (Lipinski definition) is 0. The first-order valence-corrected chi connectivity index (χ1v) is 4.12. The Morgan fingerprint density at radius 3 is 2.36 bits per heavy atom. The van der Waals surface area contributed by atoms with Crippen LogP contribution in [0.15, 0.2) is 29.4 Å². The predicted octanol–water partition coefficient (Wildman–Crippen LogP) is 3.58. The lowest BCUT2D eigenvalue weighted by atomic mass is 10.3. The van der Waals surface area contributed by atoms with Gasteiger partial charge in [0.1, 0.15) is 0 Å². The van der Waals surface area contributed by atoms with E-state index in [2.05, 4.69) is 18.5 Å². The monoisotopic (exact) mass is 153 g/mol. The lowest BCUT2D eigenvalue weighted by molar-refractivity contribution is 1.30. The van der Waals surface area contributed by atoms with Crippen LogP contribution in [-0.2, 0) is 0 Å². The molecule has 0 atom stereocenters. The van der Waals surface area contributed by atoms with Crippen molar-refractivity contribution in [3.8, 4) is 0 Å². The molecule has 1 nitrogen and oxygen atoms in total. The van der Waals surface area contributed by atoms with Crippen molar-refractivity contribution in [1.82, 2.24) is 0 Å². The fraction of sp³-hybridized carbons (Fsp3) is 0.500. The van der Waals surface area contributed by atoms with E-state index in [0.29, 0.717) is 0 Å². The highest BCUT2D eigenvalue weighted by Crippen LogP contribution is 1.91. The van der Waals surface area contributed by atoms with Gasteiger partial charge in [-0.3, -0.25) is 4.99 Å². The van der Waals surface area contributed by atoms with Crippen LogP contribution in [0, 0.1) is 0 Å². The summed E-state index contributed by atoms with van der Waals surface area (Å²) in [6, 6.07) is 0. The molecule has 0 radical (unpaired) electrons. The van der Waals surface area contributed by atoms with Crippen LogP contribution >= 0.6 is 0 Å². The Hall–Kier alpha value is -0.850. The molecule has 0 saturated carbocycles. The topological polar surface area (TPSA) is 12.4 Å². The van der Waals surface area contributed by atoms with Crippen molar-refractivity contribution >= 4 is 6.21 Å². The van der Waals surface area contributed by atoms with Crippen molar-refractivity contribution in [2.45, 2.75) is 34.1 Å². The van der Waals surface area contributed by atoms with Crippen LogP contribution in [0.25, 0.3) is 0 Å². The quantitative estimate of drug-likeness (QED) is 0.434. The molecule has 0 N–H and O–H groups in total. The van der Waals surface area contributed by atoms with E-state index in [1.807, 2.05) is 27.0 Å². The molecule has 0 aromatic heterocycles. The Labute approximate surface area is 70.5 Å². The summed E-state index contributed by atoms with van der Waals surface area (Å²) >= 11 is 0. The Balaban J connectivity index is 0. The highest BCUT2D eigenvalue weighted by atomic mass is 14.7. The van der Waals surface area contributed by atoms with Crippen molar-refractivity contribution in [1.29, 1.82) is 0 Å². The van der Waals surface area contributed by atoms with Crippen LogP contribution in [0.3, 0.4) is 0 Å². The van der Waals surface area contributed by atoms with Crippen molar-refractivity contribution in [2.75, 3.05) is 0 Å². The number of rotatable bonds is 3. The lowest BCUT2D eigenvalue weighted by Gasteiger charge is -1.82. The van der Waals surface area contributed by atoms with E-state index in [1.54, 1.807) is 12.3 Å². The fourth-order valence-corrected chi connectivity index (χ4v) is 0.328. The summed E-state index contributed by atoms with van der Waals surface area (Å²) in [5.74, 6) is 0. The normalized spacial score (nSPS) is 10.7. The Bertz CT molecular complexity index is 132. The minimum Gasteiger partial charge on any atom is -0.269 e. The summed E-state index contributed by atoms with van der Waals surface area (Å²) in [6.45, 7) is 11.6. The fourth-order valence-electron chi connectivity index (χ4n) is 0.328. The molecular formula is C10H19N. The third-order valence-corrected chi connectivity index (χ3v) is 0.888. The predicted molar refractivity (Wildman–Crippen MR) is 54.1 cm³/mol. The molecule has 0 aliphatic rings. The molecule has 0 aliphatic carbocycles. The van der Waals surface area contributed by atoms with E-state index >= 15 is 0 Å². The van der Waals surface area contributed by atoms with Crippen LogP contribution in [0.2, 0.25) is 0 Å². The maximum Gasteiger partial charge on any atom is 0.0292 e. The molecule has 0 fully saturated rings. The molecule has 0 aliphatic heterocycles. The van der Waals surface area contributed by atoms with Crippen molar-refractivity contribution in [3.63, 3.8) is 0 Å². The number of allylic oxidation sites excluding steroid dienone is 2. The van der Waals surface area contributed by atoms with E-state index in [0.717, 1.165) is 12.0 Å². The number of nitrogens with zero attached hydrogens (tertiary/aromatic N) is 1. The van der Waals surface area contributed by atoms with Crippen LogP contribution in [0.5, 0.6) is 0 Å². The zero-order chi connectivity index (χ0) is 9.11. The van der Waals surface area contributed by atoms with Gasteiger partial charge in [0, 0.05) is 12.4 Å². The summed E-state index contributed by atoms with van der Waals surface area (Å²) in [5.41, 5.74) is 1.10.